The summed E-state index contributed by atoms with van der Waals surface area (Å²) in [7, 11) is 0. The lowest BCUT2D eigenvalue weighted by Gasteiger charge is -2.03. The molecule has 9 heteroatoms. The highest BCUT2D eigenvalue weighted by atomic mass is 79.9. The minimum absolute atomic E-state index is 0.160. The van der Waals surface area contributed by atoms with Gasteiger partial charge in [0, 0.05) is 15.4 Å². The molecular weight excluding hydrogens is 438 g/mol. The number of aromatic hydroxyl groups is 1. The van der Waals surface area contributed by atoms with Crippen LogP contribution < -0.4 is 4.74 Å². The van der Waals surface area contributed by atoms with Gasteiger partial charge in [0.2, 0.25) is 5.88 Å². The Hall–Kier alpha value is -3.46. The van der Waals surface area contributed by atoms with Crippen LogP contribution in [0.1, 0.15) is 17.4 Å². The molecule has 0 unspecified atom stereocenters. The van der Waals surface area contributed by atoms with Crippen molar-refractivity contribution in [3.63, 3.8) is 0 Å². The van der Waals surface area contributed by atoms with E-state index in [4.69, 9.17) is 4.74 Å². The van der Waals surface area contributed by atoms with Gasteiger partial charge in [-0.25, -0.2) is 0 Å². The first-order valence-corrected chi connectivity index (χ1v) is 9.59. The van der Waals surface area contributed by atoms with Crippen LogP contribution in [-0.2, 0) is 0 Å². The lowest BCUT2D eigenvalue weighted by atomic mass is 10.1. The summed E-state index contributed by atoms with van der Waals surface area (Å²) in [6.45, 7) is 2.47. The molecule has 0 atom stereocenters. The summed E-state index contributed by atoms with van der Waals surface area (Å²) in [5.41, 5.74) is 2.46. The van der Waals surface area contributed by atoms with Crippen molar-refractivity contribution < 1.29 is 14.6 Å². The van der Waals surface area contributed by atoms with Crippen LogP contribution >= 0.6 is 15.9 Å². The topological polar surface area (TPSA) is 116 Å². The number of H-pyrrole nitrogens is 2. The van der Waals surface area contributed by atoms with Gasteiger partial charge in [0.15, 0.2) is 5.69 Å². The van der Waals surface area contributed by atoms with Crippen molar-refractivity contribution in [1.82, 2.24) is 15.2 Å². The number of aromatic nitrogens is 3. The van der Waals surface area contributed by atoms with E-state index in [1.807, 2.05) is 37.3 Å². The predicted molar refractivity (Wildman–Crippen MR) is 112 cm³/mol. The molecule has 0 radical (unpaired) electrons. The average molecular weight is 454 g/mol. The van der Waals surface area contributed by atoms with E-state index in [9.17, 15) is 9.90 Å². The lowest BCUT2D eigenvalue weighted by Crippen LogP contribution is -1.93. The van der Waals surface area contributed by atoms with Crippen LogP contribution in [0.2, 0.25) is 0 Å². The van der Waals surface area contributed by atoms with Crippen molar-refractivity contribution in [2.45, 2.75) is 6.92 Å². The number of fused-ring (bicyclic) bond motifs is 1. The molecule has 0 aliphatic heterocycles. The number of hydrogen-bond donors (Lipinski definition) is 3. The highest BCUT2D eigenvalue weighted by Crippen LogP contribution is 2.37. The maximum Gasteiger partial charge on any atom is 0.313 e. The third-order valence-corrected chi connectivity index (χ3v) is 4.70. The number of amides is 1. The van der Waals surface area contributed by atoms with Gasteiger partial charge >= 0.3 is 5.91 Å². The molecular formula is C20H16BrN5O3. The summed E-state index contributed by atoms with van der Waals surface area (Å²) in [6, 6.07) is 14.4. The second-order valence-electron chi connectivity index (χ2n) is 6.14. The Morgan fingerprint density at radius 2 is 2.10 bits per heavy atom. The van der Waals surface area contributed by atoms with Crippen LogP contribution in [0.15, 0.2) is 63.2 Å². The molecule has 29 heavy (non-hydrogen) atoms. The minimum Gasteiger partial charge on any atom is -0.494 e. The maximum absolute atomic E-state index is 12.4. The zero-order chi connectivity index (χ0) is 20.4. The standard InChI is InChI=1S/C20H16BrN5O3/c1-2-29-13-5-3-4-11(8-13)16-10-17(24-23-16)19(27)26-25-18-14-9-12(21)6-7-15(14)22-20(18)28/h3-10,22,28H,2H2,1H3,(H,23,24). The quantitative estimate of drug-likeness (QED) is 0.353. The van der Waals surface area contributed by atoms with Gasteiger partial charge in [0.25, 0.3) is 0 Å². The molecule has 0 fully saturated rings. The largest absolute Gasteiger partial charge is 0.494 e. The van der Waals surface area contributed by atoms with E-state index in [1.54, 1.807) is 18.2 Å². The Morgan fingerprint density at radius 3 is 2.93 bits per heavy atom. The van der Waals surface area contributed by atoms with Gasteiger partial charge in [-0.2, -0.15) is 5.10 Å². The minimum atomic E-state index is -0.603. The molecule has 2 heterocycles. The first-order chi connectivity index (χ1) is 14.0. The number of carbonyl (C=O) groups excluding carboxylic acids is 1. The summed E-state index contributed by atoms with van der Waals surface area (Å²) >= 11 is 3.38. The number of hydrogen-bond acceptors (Lipinski definition) is 5. The van der Waals surface area contributed by atoms with Crippen LogP contribution in [0.25, 0.3) is 22.2 Å². The third kappa shape index (κ3) is 3.90. The Morgan fingerprint density at radius 1 is 1.24 bits per heavy atom. The Kier molecular flexibility index (Phi) is 5.13. The van der Waals surface area contributed by atoms with Crippen molar-refractivity contribution in [1.29, 1.82) is 0 Å². The number of benzene rings is 2. The normalized spacial score (nSPS) is 11.4. The van der Waals surface area contributed by atoms with Crippen LogP contribution in [0, 0.1) is 0 Å². The number of nitrogens with zero attached hydrogens (tertiary/aromatic N) is 3. The van der Waals surface area contributed by atoms with Crippen molar-refractivity contribution in [3.8, 4) is 22.9 Å². The third-order valence-electron chi connectivity index (χ3n) is 4.20. The molecule has 0 aliphatic carbocycles. The molecule has 8 nitrogen and oxygen atoms in total. The van der Waals surface area contributed by atoms with Gasteiger partial charge in [0.1, 0.15) is 11.4 Å². The number of azo groups is 1. The fraction of sp³-hybridized carbons (Fsp3) is 0.100. The maximum atomic E-state index is 12.4. The first-order valence-electron chi connectivity index (χ1n) is 8.80. The monoisotopic (exact) mass is 453 g/mol. The molecule has 146 valence electrons. The number of aromatic amines is 2. The molecule has 0 aliphatic rings. The number of halogens is 1. The van der Waals surface area contributed by atoms with Gasteiger partial charge in [-0.3, -0.25) is 9.89 Å². The van der Waals surface area contributed by atoms with Gasteiger partial charge in [-0.15, -0.1) is 10.2 Å². The average Bonchev–Trinajstić information content (AvgIpc) is 3.31. The van der Waals surface area contributed by atoms with Crippen LogP contribution in [0.4, 0.5) is 5.69 Å². The Balaban J connectivity index is 1.58. The first kappa shape index (κ1) is 18.9. The summed E-state index contributed by atoms with van der Waals surface area (Å²) < 4.78 is 6.31. The van der Waals surface area contributed by atoms with Gasteiger partial charge in [-0.05, 0) is 43.3 Å². The van der Waals surface area contributed by atoms with Crippen molar-refractivity contribution in [2.75, 3.05) is 6.61 Å². The SMILES string of the molecule is CCOc1cccc(-c2cc(C(=O)N=Nc3c(O)[nH]c4ccc(Br)cc34)[nH]n2)c1. The number of carbonyl (C=O) groups is 1. The van der Waals surface area contributed by atoms with E-state index in [0.29, 0.717) is 23.2 Å². The molecule has 0 saturated heterocycles. The second-order valence-corrected chi connectivity index (χ2v) is 7.06. The van der Waals surface area contributed by atoms with Crippen LogP contribution in [0.5, 0.6) is 11.6 Å². The zero-order valence-electron chi connectivity index (χ0n) is 15.3. The number of rotatable bonds is 5. The smallest absolute Gasteiger partial charge is 0.313 e. The van der Waals surface area contributed by atoms with E-state index in [0.717, 1.165) is 15.8 Å². The summed E-state index contributed by atoms with van der Waals surface area (Å²) in [6.07, 6.45) is 0. The lowest BCUT2D eigenvalue weighted by molar-refractivity contribution is 0.0990. The molecule has 0 saturated carbocycles. The Labute approximate surface area is 173 Å². The fourth-order valence-electron chi connectivity index (χ4n) is 2.88. The van der Waals surface area contributed by atoms with Gasteiger partial charge < -0.3 is 14.8 Å². The predicted octanol–water partition coefficient (Wildman–Crippen LogP) is 5.35. The highest BCUT2D eigenvalue weighted by molar-refractivity contribution is 9.10. The van der Waals surface area contributed by atoms with E-state index in [2.05, 4.69) is 41.3 Å². The van der Waals surface area contributed by atoms with E-state index in [-0.39, 0.29) is 17.3 Å². The molecule has 2 aromatic heterocycles. The summed E-state index contributed by atoms with van der Waals surface area (Å²) in [4.78, 5) is 15.2. The van der Waals surface area contributed by atoms with Crippen LogP contribution in [0.3, 0.4) is 0 Å². The van der Waals surface area contributed by atoms with Crippen molar-refractivity contribution in [2.24, 2.45) is 10.2 Å². The van der Waals surface area contributed by atoms with Gasteiger partial charge in [-0.1, -0.05) is 28.1 Å². The molecule has 4 rings (SSSR count). The van der Waals surface area contributed by atoms with E-state index < -0.39 is 5.91 Å². The number of nitrogens with one attached hydrogen (secondary N) is 2. The van der Waals surface area contributed by atoms with E-state index >= 15 is 0 Å². The van der Waals surface area contributed by atoms with E-state index in [1.165, 1.54) is 0 Å². The van der Waals surface area contributed by atoms with Crippen molar-refractivity contribution >= 4 is 38.4 Å². The van der Waals surface area contributed by atoms with Crippen LogP contribution in [-0.4, -0.2) is 32.8 Å². The molecule has 4 aromatic rings. The molecule has 3 N–H and O–H groups in total. The fourth-order valence-corrected chi connectivity index (χ4v) is 3.24. The second kappa shape index (κ2) is 7.88. The zero-order valence-corrected chi connectivity index (χ0v) is 16.9. The molecule has 0 spiro atoms. The molecule has 1 amide bonds. The summed E-state index contributed by atoms with van der Waals surface area (Å²) in [5, 5.41) is 25.2. The highest BCUT2D eigenvalue weighted by Gasteiger charge is 2.14. The molecule has 0 bridgehead atoms. The summed E-state index contributed by atoms with van der Waals surface area (Å²) in [5.74, 6) is -0.0392. The molecule has 2 aromatic carbocycles. The van der Waals surface area contributed by atoms with Crippen molar-refractivity contribution in [3.05, 3.63) is 58.7 Å². The number of ether oxygens (including phenoxy) is 1. The Bertz CT molecular complexity index is 1230. The van der Waals surface area contributed by atoms with Gasteiger partial charge in [0.05, 0.1) is 17.8 Å².